The second-order valence-electron chi connectivity index (χ2n) is 4.57. The number of alkyl halides is 1. The fourth-order valence-corrected chi connectivity index (χ4v) is 2.57. The maximum absolute atomic E-state index is 6.18. The highest BCUT2D eigenvalue weighted by atomic mass is 79.9. The molecule has 1 unspecified atom stereocenters. The highest BCUT2D eigenvalue weighted by molar-refractivity contribution is 9.09. The van der Waals surface area contributed by atoms with Gasteiger partial charge in [0.05, 0.1) is 0 Å². The van der Waals surface area contributed by atoms with E-state index in [0.29, 0.717) is 5.92 Å². The van der Waals surface area contributed by atoms with Crippen molar-refractivity contribution in [3.8, 4) is 0 Å². The summed E-state index contributed by atoms with van der Waals surface area (Å²) in [7, 11) is 0. The van der Waals surface area contributed by atoms with Gasteiger partial charge < -0.3 is 4.74 Å². The number of halogens is 2. The Labute approximate surface area is 124 Å². The Balaban J connectivity index is 2.31. The third-order valence-electron chi connectivity index (χ3n) is 3.00. The van der Waals surface area contributed by atoms with Crippen LogP contribution >= 0.6 is 27.5 Å². The fourth-order valence-electron chi connectivity index (χ4n) is 1.81. The molecule has 18 heavy (non-hydrogen) atoms. The minimum Gasteiger partial charge on any atom is -0.381 e. The van der Waals surface area contributed by atoms with E-state index >= 15 is 0 Å². The number of hydrogen-bond acceptors (Lipinski definition) is 1. The van der Waals surface area contributed by atoms with Gasteiger partial charge in [-0.15, -0.1) is 0 Å². The molecule has 0 bridgehead atoms. The monoisotopic (exact) mass is 332 g/mol. The van der Waals surface area contributed by atoms with Crippen molar-refractivity contribution in [3.05, 3.63) is 34.9 Å². The number of ether oxygens (including phenoxy) is 1. The molecule has 0 aromatic heterocycles. The first-order valence-electron chi connectivity index (χ1n) is 6.65. The van der Waals surface area contributed by atoms with Crippen LogP contribution in [0.25, 0.3) is 0 Å². The van der Waals surface area contributed by atoms with Crippen LogP contribution in [0.4, 0.5) is 0 Å². The summed E-state index contributed by atoms with van der Waals surface area (Å²) in [6.07, 6.45) is 4.45. The Bertz CT molecular complexity index is 330. The van der Waals surface area contributed by atoms with Crippen molar-refractivity contribution in [2.75, 3.05) is 18.5 Å². The first-order chi connectivity index (χ1) is 8.77. The molecular weight excluding hydrogens is 312 g/mol. The van der Waals surface area contributed by atoms with Crippen molar-refractivity contribution in [2.24, 2.45) is 5.92 Å². The van der Waals surface area contributed by atoms with E-state index in [0.717, 1.165) is 42.8 Å². The van der Waals surface area contributed by atoms with Gasteiger partial charge in [0.15, 0.2) is 0 Å². The van der Waals surface area contributed by atoms with Gasteiger partial charge in [-0.25, -0.2) is 0 Å². The Morgan fingerprint density at radius 2 is 2.06 bits per heavy atom. The van der Waals surface area contributed by atoms with E-state index in [9.17, 15) is 0 Å². The van der Waals surface area contributed by atoms with Gasteiger partial charge in [-0.05, 0) is 36.8 Å². The van der Waals surface area contributed by atoms with E-state index in [4.69, 9.17) is 16.3 Å². The highest BCUT2D eigenvalue weighted by Crippen LogP contribution is 2.21. The molecule has 1 aromatic rings. The van der Waals surface area contributed by atoms with E-state index in [1.807, 2.05) is 18.2 Å². The average molecular weight is 334 g/mol. The molecule has 0 aliphatic heterocycles. The van der Waals surface area contributed by atoms with Crippen LogP contribution in [-0.2, 0) is 11.2 Å². The van der Waals surface area contributed by atoms with Crippen molar-refractivity contribution in [1.29, 1.82) is 0 Å². The molecule has 0 saturated heterocycles. The maximum Gasteiger partial charge on any atom is 0.0469 e. The molecule has 0 aliphatic carbocycles. The largest absolute Gasteiger partial charge is 0.381 e. The quantitative estimate of drug-likeness (QED) is 0.451. The third-order valence-corrected chi connectivity index (χ3v) is 4.28. The Hall–Kier alpha value is -0.0500. The third kappa shape index (κ3) is 6.21. The molecule has 3 heteroatoms. The zero-order valence-electron chi connectivity index (χ0n) is 11.0. The van der Waals surface area contributed by atoms with Crippen molar-refractivity contribution < 1.29 is 4.74 Å². The SMILES string of the molecule is CCCCOCCC(CBr)Cc1ccccc1Cl. The number of hydrogen-bond donors (Lipinski definition) is 0. The predicted molar refractivity (Wildman–Crippen MR) is 82.8 cm³/mol. The topological polar surface area (TPSA) is 9.23 Å². The summed E-state index contributed by atoms with van der Waals surface area (Å²) in [6, 6.07) is 8.09. The van der Waals surface area contributed by atoms with E-state index in [2.05, 4.69) is 28.9 Å². The van der Waals surface area contributed by atoms with Crippen LogP contribution in [0.15, 0.2) is 24.3 Å². The van der Waals surface area contributed by atoms with Crippen LogP contribution in [0.1, 0.15) is 31.7 Å². The van der Waals surface area contributed by atoms with Crippen LogP contribution < -0.4 is 0 Å². The second-order valence-corrected chi connectivity index (χ2v) is 5.63. The number of benzene rings is 1. The molecule has 0 amide bonds. The summed E-state index contributed by atoms with van der Waals surface area (Å²) < 4.78 is 5.62. The lowest BCUT2D eigenvalue weighted by atomic mass is 9.98. The van der Waals surface area contributed by atoms with Gasteiger partial charge in [-0.1, -0.05) is 59.1 Å². The summed E-state index contributed by atoms with van der Waals surface area (Å²) in [5.41, 5.74) is 1.23. The minimum atomic E-state index is 0.589. The number of rotatable bonds is 9. The van der Waals surface area contributed by atoms with Crippen molar-refractivity contribution in [2.45, 2.75) is 32.6 Å². The van der Waals surface area contributed by atoms with Gasteiger partial charge in [0.1, 0.15) is 0 Å². The van der Waals surface area contributed by atoms with Crippen LogP contribution in [0.3, 0.4) is 0 Å². The van der Waals surface area contributed by atoms with Crippen LogP contribution in [0.2, 0.25) is 5.02 Å². The second kappa shape index (κ2) is 9.82. The van der Waals surface area contributed by atoms with Crippen molar-refractivity contribution in [3.63, 3.8) is 0 Å². The van der Waals surface area contributed by atoms with E-state index in [-0.39, 0.29) is 0 Å². The fraction of sp³-hybridized carbons (Fsp3) is 0.600. The van der Waals surface area contributed by atoms with E-state index in [1.54, 1.807) is 0 Å². The van der Waals surface area contributed by atoms with E-state index < -0.39 is 0 Å². The van der Waals surface area contributed by atoms with Crippen LogP contribution in [-0.4, -0.2) is 18.5 Å². The molecular formula is C15H22BrClO. The van der Waals surface area contributed by atoms with Crippen molar-refractivity contribution in [1.82, 2.24) is 0 Å². The lowest BCUT2D eigenvalue weighted by Crippen LogP contribution is -2.10. The maximum atomic E-state index is 6.18. The molecule has 1 rings (SSSR count). The predicted octanol–water partition coefficient (Wildman–Crippen LogP) is 5.10. The van der Waals surface area contributed by atoms with Gasteiger partial charge in [0, 0.05) is 23.6 Å². The van der Waals surface area contributed by atoms with Gasteiger partial charge in [-0.3, -0.25) is 0 Å². The molecule has 0 spiro atoms. The normalized spacial score (nSPS) is 12.6. The van der Waals surface area contributed by atoms with Gasteiger partial charge in [-0.2, -0.15) is 0 Å². The molecule has 102 valence electrons. The van der Waals surface area contributed by atoms with Crippen LogP contribution in [0.5, 0.6) is 0 Å². The molecule has 1 nitrogen and oxygen atoms in total. The van der Waals surface area contributed by atoms with E-state index in [1.165, 1.54) is 12.0 Å². The molecule has 1 aromatic carbocycles. The minimum absolute atomic E-state index is 0.589. The number of unbranched alkanes of at least 4 members (excludes halogenated alkanes) is 1. The highest BCUT2D eigenvalue weighted by Gasteiger charge is 2.10. The summed E-state index contributed by atoms with van der Waals surface area (Å²) in [5, 5.41) is 1.87. The lowest BCUT2D eigenvalue weighted by Gasteiger charge is -2.15. The Morgan fingerprint density at radius 1 is 1.28 bits per heavy atom. The Morgan fingerprint density at radius 3 is 2.72 bits per heavy atom. The molecule has 1 atom stereocenters. The zero-order valence-corrected chi connectivity index (χ0v) is 13.3. The van der Waals surface area contributed by atoms with Crippen molar-refractivity contribution >= 4 is 27.5 Å². The Kier molecular flexibility index (Phi) is 8.74. The summed E-state index contributed by atoms with van der Waals surface area (Å²) in [5.74, 6) is 0.589. The molecule has 0 fully saturated rings. The summed E-state index contributed by atoms with van der Waals surface area (Å²) >= 11 is 9.76. The standard InChI is InChI=1S/C15H22BrClO/c1-2-3-9-18-10-8-13(12-16)11-14-6-4-5-7-15(14)17/h4-7,13H,2-3,8-12H2,1H3. The van der Waals surface area contributed by atoms with Gasteiger partial charge >= 0.3 is 0 Å². The van der Waals surface area contributed by atoms with Gasteiger partial charge in [0.2, 0.25) is 0 Å². The van der Waals surface area contributed by atoms with Crippen LogP contribution in [0, 0.1) is 5.92 Å². The first kappa shape index (κ1) is 16.0. The molecule has 0 N–H and O–H groups in total. The smallest absolute Gasteiger partial charge is 0.0469 e. The lowest BCUT2D eigenvalue weighted by molar-refractivity contribution is 0.120. The zero-order chi connectivity index (χ0) is 13.2. The molecule has 0 radical (unpaired) electrons. The average Bonchev–Trinajstić information content (AvgIpc) is 2.39. The summed E-state index contributed by atoms with van der Waals surface area (Å²) in [6.45, 7) is 3.92. The molecule has 0 saturated carbocycles. The van der Waals surface area contributed by atoms with Gasteiger partial charge in [0.25, 0.3) is 0 Å². The molecule has 0 aliphatic rings. The molecule has 0 heterocycles. The summed E-state index contributed by atoms with van der Waals surface area (Å²) in [4.78, 5) is 0. The first-order valence-corrected chi connectivity index (χ1v) is 8.15.